The molecule has 0 spiro atoms. The van der Waals surface area contributed by atoms with Crippen LogP contribution in [-0.4, -0.2) is 12.1 Å². The van der Waals surface area contributed by atoms with Gasteiger partial charge in [-0.25, -0.2) is 0 Å². The second-order valence-electron chi connectivity index (χ2n) is 5.59. The van der Waals surface area contributed by atoms with Crippen molar-refractivity contribution in [2.75, 3.05) is 11.1 Å². The van der Waals surface area contributed by atoms with E-state index >= 15 is 0 Å². The number of benzene rings is 1. The fourth-order valence-corrected chi connectivity index (χ4v) is 2.03. The zero-order chi connectivity index (χ0) is 13.7. The van der Waals surface area contributed by atoms with Crippen LogP contribution in [0.2, 0.25) is 0 Å². The summed E-state index contributed by atoms with van der Waals surface area (Å²) < 4.78 is 5.68. The van der Waals surface area contributed by atoms with E-state index in [0.29, 0.717) is 17.6 Å². The fraction of sp³-hybridized carbons (Fsp3) is 0.600. The lowest BCUT2D eigenvalue weighted by molar-refractivity contribution is 0.244. The Morgan fingerprint density at radius 2 is 1.83 bits per heavy atom. The van der Waals surface area contributed by atoms with Crippen LogP contribution >= 0.6 is 0 Å². The van der Waals surface area contributed by atoms with Crippen molar-refractivity contribution < 1.29 is 4.74 Å². The van der Waals surface area contributed by atoms with Gasteiger partial charge in [0.1, 0.15) is 5.75 Å². The van der Waals surface area contributed by atoms with Gasteiger partial charge >= 0.3 is 0 Å². The van der Waals surface area contributed by atoms with E-state index < -0.39 is 0 Å². The first kappa shape index (κ1) is 14.7. The Morgan fingerprint density at radius 1 is 1.17 bits per heavy atom. The Morgan fingerprint density at radius 3 is 2.39 bits per heavy atom. The molecule has 3 nitrogen and oxygen atoms in total. The van der Waals surface area contributed by atoms with Gasteiger partial charge in [0.2, 0.25) is 0 Å². The number of rotatable bonds is 6. The van der Waals surface area contributed by atoms with Gasteiger partial charge in [0.05, 0.1) is 11.8 Å². The molecule has 102 valence electrons. The molecule has 0 saturated carbocycles. The molecule has 18 heavy (non-hydrogen) atoms. The lowest BCUT2D eigenvalue weighted by Gasteiger charge is -2.19. The zero-order valence-electron chi connectivity index (χ0n) is 12.2. The second-order valence-corrected chi connectivity index (χ2v) is 5.59. The molecule has 1 atom stereocenters. The highest BCUT2D eigenvalue weighted by atomic mass is 16.5. The van der Waals surface area contributed by atoms with Crippen LogP contribution in [0.4, 0.5) is 11.4 Å². The summed E-state index contributed by atoms with van der Waals surface area (Å²) in [5.74, 6) is 1.44. The van der Waals surface area contributed by atoms with E-state index in [1.54, 1.807) is 0 Å². The summed E-state index contributed by atoms with van der Waals surface area (Å²) in [6.45, 7) is 10.7. The van der Waals surface area contributed by atoms with Crippen LogP contribution in [-0.2, 0) is 0 Å². The summed E-state index contributed by atoms with van der Waals surface area (Å²) >= 11 is 0. The topological polar surface area (TPSA) is 47.3 Å². The van der Waals surface area contributed by atoms with Gasteiger partial charge in [-0.15, -0.1) is 0 Å². The predicted molar refractivity (Wildman–Crippen MR) is 79.2 cm³/mol. The van der Waals surface area contributed by atoms with Gasteiger partial charge in [-0.2, -0.15) is 0 Å². The highest BCUT2D eigenvalue weighted by Gasteiger charge is 2.08. The predicted octanol–water partition coefficient (Wildman–Crippen LogP) is 3.90. The molecule has 3 heteroatoms. The smallest absolute Gasteiger partial charge is 0.144 e. The van der Waals surface area contributed by atoms with Gasteiger partial charge < -0.3 is 15.8 Å². The number of hydrogen-bond acceptors (Lipinski definition) is 3. The maximum atomic E-state index is 5.90. The van der Waals surface area contributed by atoms with E-state index in [0.717, 1.165) is 17.9 Å². The average Bonchev–Trinajstić information content (AvgIpc) is 2.21. The van der Waals surface area contributed by atoms with Crippen molar-refractivity contribution in [3.8, 4) is 5.75 Å². The Balaban J connectivity index is 2.72. The molecule has 1 aromatic carbocycles. The molecular weight excluding hydrogens is 224 g/mol. The van der Waals surface area contributed by atoms with Crippen molar-refractivity contribution in [1.82, 2.24) is 0 Å². The van der Waals surface area contributed by atoms with Crippen molar-refractivity contribution in [2.24, 2.45) is 5.92 Å². The van der Waals surface area contributed by atoms with Gasteiger partial charge in [0, 0.05) is 17.8 Å². The SMILES string of the molecule is CC(C)CC(C)Nc1ccc(N)c(OC(C)C)c1. The number of nitrogens with two attached hydrogens (primary N) is 1. The molecule has 0 heterocycles. The summed E-state index contributed by atoms with van der Waals surface area (Å²) in [5.41, 5.74) is 7.65. The summed E-state index contributed by atoms with van der Waals surface area (Å²) in [6.07, 6.45) is 1.28. The lowest BCUT2D eigenvalue weighted by atomic mass is 10.1. The third-order valence-corrected chi connectivity index (χ3v) is 2.61. The molecule has 0 amide bonds. The molecular formula is C15H26N2O. The summed E-state index contributed by atoms with van der Waals surface area (Å²) in [5, 5.41) is 3.48. The van der Waals surface area contributed by atoms with Crippen LogP contribution in [0, 0.1) is 5.92 Å². The molecule has 0 aromatic heterocycles. The summed E-state index contributed by atoms with van der Waals surface area (Å²) in [6, 6.07) is 6.31. The maximum Gasteiger partial charge on any atom is 0.144 e. The Labute approximate surface area is 111 Å². The highest BCUT2D eigenvalue weighted by molar-refractivity contribution is 5.61. The largest absolute Gasteiger partial charge is 0.489 e. The van der Waals surface area contributed by atoms with Crippen molar-refractivity contribution in [3.63, 3.8) is 0 Å². The Kier molecular flexibility index (Phi) is 5.32. The standard InChI is InChI=1S/C15H26N2O/c1-10(2)8-12(5)17-13-6-7-14(16)15(9-13)18-11(3)4/h6-7,9-12,17H,8,16H2,1-5H3. The normalized spacial score (nSPS) is 12.8. The number of anilines is 2. The summed E-state index contributed by atoms with van der Waals surface area (Å²) in [7, 11) is 0. The third-order valence-electron chi connectivity index (χ3n) is 2.61. The second kappa shape index (κ2) is 6.53. The van der Waals surface area contributed by atoms with Gasteiger partial charge in [0.25, 0.3) is 0 Å². The van der Waals surface area contributed by atoms with Gasteiger partial charge in [-0.1, -0.05) is 13.8 Å². The highest BCUT2D eigenvalue weighted by Crippen LogP contribution is 2.27. The first-order chi connectivity index (χ1) is 8.38. The molecule has 1 rings (SSSR count). The average molecular weight is 250 g/mol. The fourth-order valence-electron chi connectivity index (χ4n) is 2.03. The van der Waals surface area contributed by atoms with Gasteiger partial charge in [-0.3, -0.25) is 0 Å². The number of nitrogens with one attached hydrogen (secondary N) is 1. The van der Waals surface area contributed by atoms with Crippen LogP contribution in [0.25, 0.3) is 0 Å². The van der Waals surface area contributed by atoms with E-state index in [2.05, 4.69) is 26.1 Å². The van der Waals surface area contributed by atoms with Crippen molar-refractivity contribution in [1.29, 1.82) is 0 Å². The molecule has 0 fully saturated rings. The Hall–Kier alpha value is -1.38. The molecule has 0 radical (unpaired) electrons. The lowest BCUT2D eigenvalue weighted by Crippen LogP contribution is -2.17. The molecule has 0 aliphatic rings. The minimum Gasteiger partial charge on any atom is -0.489 e. The van der Waals surface area contributed by atoms with Crippen LogP contribution in [0.15, 0.2) is 18.2 Å². The Bertz CT molecular complexity index is 375. The molecule has 0 aliphatic heterocycles. The number of nitrogen functional groups attached to an aromatic ring is 1. The van der Waals surface area contributed by atoms with E-state index in [1.165, 1.54) is 0 Å². The van der Waals surface area contributed by atoms with Crippen LogP contribution in [0.3, 0.4) is 0 Å². The monoisotopic (exact) mass is 250 g/mol. The van der Waals surface area contributed by atoms with Crippen molar-refractivity contribution in [3.05, 3.63) is 18.2 Å². The van der Waals surface area contributed by atoms with Crippen LogP contribution in [0.1, 0.15) is 41.0 Å². The zero-order valence-corrected chi connectivity index (χ0v) is 12.2. The molecule has 0 bridgehead atoms. The van der Waals surface area contributed by atoms with Crippen LogP contribution in [0.5, 0.6) is 5.75 Å². The minimum absolute atomic E-state index is 0.135. The minimum atomic E-state index is 0.135. The summed E-state index contributed by atoms with van der Waals surface area (Å²) in [4.78, 5) is 0. The van der Waals surface area contributed by atoms with E-state index in [4.69, 9.17) is 10.5 Å². The third kappa shape index (κ3) is 4.86. The number of ether oxygens (including phenoxy) is 1. The van der Waals surface area contributed by atoms with E-state index in [9.17, 15) is 0 Å². The van der Waals surface area contributed by atoms with Crippen molar-refractivity contribution in [2.45, 2.75) is 53.2 Å². The first-order valence-electron chi connectivity index (χ1n) is 6.71. The van der Waals surface area contributed by atoms with Crippen LogP contribution < -0.4 is 15.8 Å². The van der Waals surface area contributed by atoms with Crippen molar-refractivity contribution >= 4 is 11.4 Å². The molecule has 0 saturated heterocycles. The number of hydrogen-bond donors (Lipinski definition) is 2. The molecule has 3 N–H and O–H groups in total. The van der Waals surface area contributed by atoms with E-state index in [1.807, 2.05) is 32.0 Å². The van der Waals surface area contributed by atoms with Gasteiger partial charge in [-0.05, 0) is 45.2 Å². The quantitative estimate of drug-likeness (QED) is 0.753. The molecule has 1 aromatic rings. The van der Waals surface area contributed by atoms with Gasteiger partial charge in [0.15, 0.2) is 0 Å². The van der Waals surface area contributed by atoms with E-state index in [-0.39, 0.29) is 6.10 Å². The molecule has 1 unspecified atom stereocenters. The first-order valence-corrected chi connectivity index (χ1v) is 6.71. The molecule has 0 aliphatic carbocycles. The maximum absolute atomic E-state index is 5.90.